The second-order valence-corrected chi connectivity index (χ2v) is 18.2. The first-order valence-electron chi connectivity index (χ1n) is 21.5. The first kappa shape index (κ1) is 45.9. The van der Waals surface area contributed by atoms with E-state index in [9.17, 15) is 29.1 Å². The van der Waals surface area contributed by atoms with Crippen LogP contribution in [-0.4, -0.2) is 103 Å². The first-order chi connectivity index (χ1) is 31.0. The summed E-state index contributed by atoms with van der Waals surface area (Å²) in [6.07, 6.45) is -7.13. The van der Waals surface area contributed by atoms with E-state index >= 15 is 4.79 Å². The van der Waals surface area contributed by atoms with Crippen molar-refractivity contribution < 1.29 is 62.3 Å². The van der Waals surface area contributed by atoms with Crippen molar-refractivity contribution in [3.63, 3.8) is 0 Å². The number of rotatable bonds is 11. The van der Waals surface area contributed by atoms with Crippen LogP contribution >= 0.6 is 23.2 Å². The third-order valence-corrected chi connectivity index (χ3v) is 14.1. The number of aromatic hydroxyl groups is 1. The third-order valence-electron chi connectivity index (χ3n) is 13.3. The number of methoxy groups -OCH3 is 1. The Balaban J connectivity index is 1.14. The molecular formula is C48H50Cl2N2O13. The minimum atomic E-state index is -1.69. The maximum Gasteiger partial charge on any atom is 0.339 e. The van der Waals surface area contributed by atoms with Gasteiger partial charge in [0.25, 0.3) is 0 Å². The lowest BCUT2D eigenvalue weighted by atomic mass is 9.51. The van der Waals surface area contributed by atoms with E-state index in [0.29, 0.717) is 40.5 Å². The van der Waals surface area contributed by atoms with Crippen LogP contribution in [-0.2, 0) is 52.5 Å². The van der Waals surface area contributed by atoms with Crippen molar-refractivity contribution in [2.24, 2.45) is 10.8 Å². The number of fused-ring (bicyclic) bond motifs is 6. The minimum absolute atomic E-state index is 0.0669. The Morgan fingerprint density at radius 2 is 1.22 bits per heavy atom. The van der Waals surface area contributed by atoms with Gasteiger partial charge in [-0.1, -0.05) is 62.4 Å². The SMILES string of the molecule is CCC1(C(=O)N2CC(CCl)c3c2cc(OC2OC(C(=O)OC)C(OC(C)=O)C(OC(C)=O)C2OC(C)=O)c2ccccc32)CC(C)(C(=O)N2CC(CCl)c3c2cc(O)c2ccccc32)C1. The number of alkyl halides is 2. The number of carbonyl (C=O) groups is 6. The quantitative estimate of drug-likeness (QED) is 0.0922. The Hall–Kier alpha value is -5.64. The van der Waals surface area contributed by atoms with Crippen LogP contribution in [0.4, 0.5) is 11.4 Å². The average molecular weight is 934 g/mol. The van der Waals surface area contributed by atoms with Crippen LogP contribution in [0.1, 0.15) is 76.8 Å². The standard InChI is InChI=1S/C48H50Cl2N2O13/c1-7-48(22-47(5,23-48)45(58)51-20-27(18-49)37-31-14-10-8-12-29(31)35(56)16-33(37)51)46(59)52-21-28(19-50)38-32-15-11-9-13-30(32)36(17-34(38)52)64-44-42(63-26(4)55)40(62-25(3)54)39(61-24(2)53)41(65-44)43(57)60-6/h8-17,27-28,39-42,44,56H,7,18-23H2,1-6H3. The van der Waals surface area contributed by atoms with E-state index in [-0.39, 0.29) is 66.3 Å². The maximum atomic E-state index is 15.2. The topological polar surface area (TPSA) is 185 Å². The summed E-state index contributed by atoms with van der Waals surface area (Å²) in [6, 6.07) is 18.1. The molecule has 1 saturated carbocycles. The number of esters is 4. The summed E-state index contributed by atoms with van der Waals surface area (Å²) in [5.41, 5.74) is 0.988. The highest BCUT2D eigenvalue weighted by atomic mass is 35.5. The molecule has 17 heteroatoms. The monoisotopic (exact) mass is 932 g/mol. The maximum absolute atomic E-state index is 15.2. The largest absolute Gasteiger partial charge is 0.507 e. The van der Waals surface area contributed by atoms with Crippen molar-refractivity contribution in [1.29, 1.82) is 0 Å². The lowest BCUT2D eigenvalue weighted by Crippen LogP contribution is -2.64. The van der Waals surface area contributed by atoms with Gasteiger partial charge in [0.1, 0.15) is 11.5 Å². The Morgan fingerprint density at radius 3 is 1.75 bits per heavy atom. The van der Waals surface area contributed by atoms with Crippen molar-refractivity contribution in [3.05, 3.63) is 71.8 Å². The van der Waals surface area contributed by atoms with Gasteiger partial charge >= 0.3 is 23.9 Å². The molecule has 4 aromatic rings. The molecule has 2 fully saturated rings. The van der Waals surface area contributed by atoms with Gasteiger partial charge in [0.15, 0.2) is 18.3 Å². The van der Waals surface area contributed by atoms with E-state index in [0.717, 1.165) is 44.4 Å². The lowest BCUT2D eigenvalue weighted by Gasteiger charge is -2.54. The van der Waals surface area contributed by atoms with Crippen LogP contribution < -0.4 is 14.5 Å². The highest BCUT2D eigenvalue weighted by Gasteiger charge is 2.62. The molecule has 7 atom stereocenters. The number of carbonyl (C=O) groups excluding carboxylic acids is 6. The molecule has 65 heavy (non-hydrogen) atoms. The van der Waals surface area contributed by atoms with Gasteiger partial charge in [0, 0.05) is 85.8 Å². The second kappa shape index (κ2) is 17.6. The molecule has 4 aliphatic rings. The number of benzene rings is 4. The fourth-order valence-corrected chi connectivity index (χ4v) is 11.1. The fraction of sp³-hybridized carbons (Fsp3) is 0.458. The Labute approximate surface area is 385 Å². The van der Waals surface area contributed by atoms with E-state index < -0.39 is 65.4 Å². The molecule has 8 rings (SSSR count). The van der Waals surface area contributed by atoms with Crippen molar-refractivity contribution in [2.45, 2.75) is 96.4 Å². The van der Waals surface area contributed by atoms with Gasteiger partial charge in [-0.3, -0.25) is 24.0 Å². The zero-order valence-electron chi connectivity index (χ0n) is 36.8. The number of amides is 2. The molecule has 2 amide bonds. The fourth-order valence-electron chi connectivity index (χ4n) is 10.6. The normalized spacial score (nSPS) is 27.9. The molecule has 1 saturated heterocycles. The Morgan fingerprint density at radius 1 is 0.723 bits per heavy atom. The van der Waals surface area contributed by atoms with E-state index in [1.54, 1.807) is 34.1 Å². The summed E-state index contributed by atoms with van der Waals surface area (Å²) in [4.78, 5) is 83.8. The highest BCUT2D eigenvalue weighted by molar-refractivity contribution is 6.20. The molecule has 0 bridgehead atoms. The van der Waals surface area contributed by atoms with Gasteiger partial charge in [-0.15, -0.1) is 23.2 Å². The summed E-state index contributed by atoms with van der Waals surface area (Å²) in [6.45, 7) is 7.69. The van der Waals surface area contributed by atoms with Crippen molar-refractivity contribution in [2.75, 3.05) is 41.8 Å². The van der Waals surface area contributed by atoms with Gasteiger partial charge in [0.2, 0.25) is 24.2 Å². The number of ether oxygens (including phenoxy) is 6. The van der Waals surface area contributed by atoms with Gasteiger partial charge in [-0.2, -0.15) is 0 Å². The number of nitrogens with zero attached hydrogens (tertiary/aromatic N) is 2. The number of halogens is 2. The summed E-state index contributed by atoms with van der Waals surface area (Å²) in [7, 11) is 1.09. The Kier molecular flexibility index (Phi) is 12.5. The molecule has 7 unspecified atom stereocenters. The molecule has 1 N–H and O–H groups in total. The summed E-state index contributed by atoms with van der Waals surface area (Å²) < 4.78 is 34.3. The molecule has 15 nitrogen and oxygen atoms in total. The predicted molar refractivity (Wildman–Crippen MR) is 239 cm³/mol. The third kappa shape index (κ3) is 7.88. The number of phenolic OH excluding ortho intramolecular Hbond substituents is 1. The molecule has 3 aliphatic heterocycles. The molecular weight excluding hydrogens is 883 g/mol. The van der Waals surface area contributed by atoms with Gasteiger partial charge in [0.05, 0.1) is 23.9 Å². The number of anilines is 2. The molecule has 0 spiro atoms. The average Bonchev–Trinajstić information content (AvgIpc) is 3.84. The zero-order valence-corrected chi connectivity index (χ0v) is 38.3. The summed E-state index contributed by atoms with van der Waals surface area (Å²) in [5.74, 6) is -3.61. The molecule has 1 aliphatic carbocycles. The minimum Gasteiger partial charge on any atom is -0.507 e. The number of hydrogen-bond acceptors (Lipinski definition) is 13. The van der Waals surface area contributed by atoms with Crippen LogP contribution in [0.3, 0.4) is 0 Å². The van der Waals surface area contributed by atoms with Crippen LogP contribution in [0, 0.1) is 10.8 Å². The van der Waals surface area contributed by atoms with Gasteiger partial charge < -0.3 is 43.3 Å². The molecule has 344 valence electrons. The summed E-state index contributed by atoms with van der Waals surface area (Å²) in [5, 5.41) is 13.8. The van der Waals surface area contributed by atoms with Crippen molar-refractivity contribution in [1.82, 2.24) is 0 Å². The van der Waals surface area contributed by atoms with Crippen LogP contribution in [0.2, 0.25) is 0 Å². The van der Waals surface area contributed by atoms with Crippen LogP contribution in [0.25, 0.3) is 21.5 Å². The van der Waals surface area contributed by atoms with E-state index in [1.165, 1.54) is 0 Å². The molecule has 3 heterocycles. The highest BCUT2D eigenvalue weighted by Crippen LogP contribution is 2.61. The number of phenols is 1. The van der Waals surface area contributed by atoms with Crippen LogP contribution in [0.5, 0.6) is 11.5 Å². The van der Waals surface area contributed by atoms with E-state index in [2.05, 4.69) is 0 Å². The number of hydrogen-bond donors (Lipinski definition) is 1. The lowest BCUT2D eigenvalue weighted by molar-refractivity contribution is -0.282. The van der Waals surface area contributed by atoms with Crippen molar-refractivity contribution >= 4 is 91.8 Å². The molecule has 0 aromatic heterocycles. The molecule has 0 radical (unpaired) electrons. The smallest absolute Gasteiger partial charge is 0.339 e. The second-order valence-electron chi connectivity index (χ2n) is 17.6. The van der Waals surface area contributed by atoms with Gasteiger partial charge in [-0.05, 0) is 41.2 Å². The van der Waals surface area contributed by atoms with Gasteiger partial charge in [-0.25, -0.2) is 4.79 Å². The van der Waals surface area contributed by atoms with E-state index in [1.807, 2.05) is 50.2 Å². The first-order valence-corrected chi connectivity index (χ1v) is 22.5. The van der Waals surface area contributed by atoms with E-state index in [4.69, 9.17) is 51.6 Å². The molecule has 4 aromatic carbocycles. The summed E-state index contributed by atoms with van der Waals surface area (Å²) >= 11 is 13.2. The zero-order chi connectivity index (χ0) is 46.7. The van der Waals surface area contributed by atoms with Crippen molar-refractivity contribution in [3.8, 4) is 11.5 Å². The van der Waals surface area contributed by atoms with Crippen LogP contribution in [0.15, 0.2) is 60.7 Å². The predicted octanol–water partition coefficient (Wildman–Crippen LogP) is 7.01. The Bertz CT molecular complexity index is 2610.